The highest BCUT2D eigenvalue weighted by Gasteiger charge is 2.48. The van der Waals surface area contributed by atoms with E-state index in [2.05, 4.69) is 0 Å². The molecule has 170 valence electrons. The molecular weight excluding hydrogens is 412 g/mol. The molecule has 0 aliphatic carbocycles. The van der Waals surface area contributed by atoms with Crippen molar-refractivity contribution in [2.45, 2.75) is 57.2 Å². The van der Waals surface area contributed by atoms with Crippen LogP contribution in [0.4, 0.5) is 0 Å². The molecule has 0 heterocycles. The summed E-state index contributed by atoms with van der Waals surface area (Å²) < 4.78 is 0. The van der Waals surface area contributed by atoms with Gasteiger partial charge in [-0.3, -0.25) is 20.2 Å². The molecule has 1 rings (SSSR count). The first-order valence-corrected chi connectivity index (χ1v) is 8.16. The van der Waals surface area contributed by atoms with Gasteiger partial charge in [0.05, 0.1) is 5.92 Å². The lowest BCUT2D eigenvalue weighted by molar-refractivity contribution is -0.742. The Kier molecular flexibility index (Phi) is 11.5. The summed E-state index contributed by atoms with van der Waals surface area (Å²) in [5, 5.41) is 60.0. The van der Waals surface area contributed by atoms with Gasteiger partial charge in [-0.2, -0.15) is 0 Å². The Morgan fingerprint density at radius 3 is 1.43 bits per heavy atom. The third-order valence-electron chi connectivity index (χ3n) is 4.27. The van der Waals surface area contributed by atoms with Gasteiger partial charge in [-0.25, -0.2) is 0 Å². The summed E-state index contributed by atoms with van der Waals surface area (Å²) in [5.74, 6) is -0.641. The molecule has 2 unspecified atom stereocenters. The fourth-order valence-corrected chi connectivity index (χ4v) is 2.28. The maximum atomic E-state index is 11.4. The fraction of sp³-hybridized carbons (Fsp3) is 0.600. The van der Waals surface area contributed by atoms with Gasteiger partial charge < -0.3 is 15.5 Å². The molecule has 0 saturated carbocycles. The number of hydrogen-bond acceptors (Lipinski definition) is 9. The van der Waals surface area contributed by atoms with Crippen LogP contribution in [0.1, 0.15) is 45.6 Å². The number of nitrogens with zero attached hydrogens (tertiary/aromatic N) is 4. The Hall–Kier alpha value is -3.62. The predicted molar refractivity (Wildman–Crippen MR) is 99.5 cm³/mol. The lowest BCUT2D eigenvalue weighted by Crippen LogP contribution is -2.47. The molecule has 0 amide bonds. The minimum Gasteiger partial charge on any atom is -0.386 e. The molecule has 1 aromatic carbocycles. The molecule has 0 aliphatic heterocycles. The normalized spacial score (nSPS) is 12.7. The first-order valence-electron chi connectivity index (χ1n) is 8.16. The van der Waals surface area contributed by atoms with Crippen molar-refractivity contribution in [1.29, 1.82) is 0 Å². The van der Waals surface area contributed by atoms with E-state index in [1.165, 1.54) is 27.7 Å². The molecule has 1 aromatic rings. The van der Waals surface area contributed by atoms with Crippen LogP contribution in [0.25, 0.3) is 0 Å². The number of rotatable bonds is 7. The number of aliphatic hydroxyl groups excluding tert-OH is 1. The molecule has 0 spiro atoms. The van der Waals surface area contributed by atoms with Crippen LogP contribution in [0, 0.1) is 40.5 Å². The van der Waals surface area contributed by atoms with Gasteiger partial charge in [0.2, 0.25) is 11.1 Å². The smallest absolute Gasteiger partial charge is 0.291 e. The predicted octanol–water partition coefficient (Wildman–Crippen LogP) is 1.94. The van der Waals surface area contributed by atoms with Crippen LogP contribution in [0.2, 0.25) is 0 Å². The lowest BCUT2D eigenvalue weighted by atomic mass is 9.76. The van der Waals surface area contributed by atoms with E-state index < -0.39 is 43.1 Å². The van der Waals surface area contributed by atoms with Crippen LogP contribution < -0.4 is 0 Å². The molecule has 15 heteroatoms. The van der Waals surface area contributed by atoms with Gasteiger partial charge >= 0.3 is 0 Å². The molecule has 2 atom stereocenters. The Labute approximate surface area is 170 Å². The van der Waals surface area contributed by atoms with Crippen LogP contribution in [0.15, 0.2) is 30.3 Å². The highest BCUT2D eigenvalue weighted by atomic mass is 16.9. The molecule has 0 radical (unpaired) electrons. The molecule has 0 bridgehead atoms. The average Bonchev–Trinajstić information content (AvgIpc) is 2.58. The minimum atomic E-state index is -1.57. The van der Waals surface area contributed by atoms with E-state index in [0.717, 1.165) is 0 Å². The van der Waals surface area contributed by atoms with E-state index in [0.29, 0.717) is 5.56 Å². The van der Waals surface area contributed by atoms with E-state index in [1.54, 1.807) is 30.3 Å². The summed E-state index contributed by atoms with van der Waals surface area (Å²) in [4.78, 5) is 38.2. The maximum absolute atomic E-state index is 11.4. The van der Waals surface area contributed by atoms with E-state index in [-0.39, 0.29) is 6.42 Å². The van der Waals surface area contributed by atoms with Gasteiger partial charge in [-0.15, -0.1) is 20.2 Å². The number of aliphatic hydroxyl groups is 1. The van der Waals surface area contributed by atoms with Gasteiger partial charge in [0.15, 0.2) is 0 Å². The van der Waals surface area contributed by atoms with Crippen molar-refractivity contribution in [3.05, 3.63) is 76.4 Å². The zero-order valence-electron chi connectivity index (χ0n) is 16.6. The highest BCUT2D eigenvalue weighted by molar-refractivity contribution is 5.22. The monoisotopic (exact) mass is 436 g/mol. The maximum Gasteiger partial charge on any atom is 0.291 e. The van der Waals surface area contributed by atoms with Crippen LogP contribution in [0.5, 0.6) is 0 Å². The van der Waals surface area contributed by atoms with Gasteiger partial charge in [0.25, 0.3) is 10.2 Å². The van der Waals surface area contributed by atoms with Gasteiger partial charge in [-0.1, -0.05) is 30.3 Å². The molecule has 3 N–H and O–H groups in total. The third-order valence-corrected chi connectivity index (χ3v) is 4.27. The van der Waals surface area contributed by atoms with Crippen molar-refractivity contribution >= 4 is 0 Å². The largest absolute Gasteiger partial charge is 0.386 e. The average molecular weight is 436 g/mol. The first-order chi connectivity index (χ1) is 13.5. The Bertz CT molecular complexity index is 705. The van der Waals surface area contributed by atoms with E-state index in [1.807, 2.05) is 0 Å². The van der Waals surface area contributed by atoms with E-state index >= 15 is 0 Å². The van der Waals surface area contributed by atoms with Crippen LogP contribution >= 0.6 is 0 Å². The summed E-state index contributed by atoms with van der Waals surface area (Å²) >= 11 is 0. The third kappa shape index (κ3) is 10.1. The molecule has 0 fully saturated rings. The van der Waals surface area contributed by atoms with Crippen LogP contribution in [-0.4, -0.2) is 52.7 Å². The Morgan fingerprint density at radius 2 is 1.13 bits per heavy atom. The van der Waals surface area contributed by atoms with E-state index in [9.17, 15) is 25.3 Å². The SMILES string of the molecule is CC(C)(C(O)CC(c1ccccc1)C(C)(C)[N+](=O)[O-])[N+](=O)[O-].O=[N+]([O-])O.O=[N+]([O-])O. The second-order valence-electron chi connectivity index (χ2n) is 7.01. The summed E-state index contributed by atoms with van der Waals surface area (Å²) in [5.41, 5.74) is -2.24. The lowest BCUT2D eigenvalue weighted by Gasteiger charge is -2.31. The van der Waals surface area contributed by atoms with Gasteiger partial charge in [-0.05, 0) is 12.0 Å². The standard InChI is InChI=1S/C15H22N2O5.2HNO3/c1-14(2,16(19)20)12(11-8-6-5-7-9-11)10-13(18)15(3,4)17(21)22;2*2-1(3)4/h5-9,12-13,18H,10H2,1-4H3;2*(H,2,3,4). The highest BCUT2D eigenvalue weighted by Crippen LogP contribution is 2.36. The Morgan fingerprint density at radius 1 is 0.800 bits per heavy atom. The van der Waals surface area contributed by atoms with Crippen molar-refractivity contribution in [2.75, 3.05) is 0 Å². The van der Waals surface area contributed by atoms with E-state index in [4.69, 9.17) is 30.6 Å². The molecule has 0 aromatic heterocycles. The van der Waals surface area contributed by atoms with Gasteiger partial charge in [0, 0.05) is 37.5 Å². The summed E-state index contributed by atoms with van der Waals surface area (Å²) in [7, 11) is 0. The van der Waals surface area contributed by atoms with Crippen molar-refractivity contribution in [3.8, 4) is 0 Å². The second kappa shape index (κ2) is 12.1. The first kappa shape index (κ1) is 28.6. The summed E-state index contributed by atoms with van der Waals surface area (Å²) in [6.07, 6.45) is -1.36. The zero-order valence-corrected chi connectivity index (χ0v) is 16.6. The van der Waals surface area contributed by atoms with Crippen LogP contribution in [-0.2, 0) is 0 Å². The quantitative estimate of drug-likeness (QED) is 0.412. The minimum absolute atomic E-state index is 0.0635. The molecule has 0 saturated heterocycles. The molecule has 30 heavy (non-hydrogen) atoms. The molecule has 0 aliphatic rings. The van der Waals surface area contributed by atoms with Crippen molar-refractivity contribution < 1.29 is 35.5 Å². The number of nitro groups is 2. The summed E-state index contributed by atoms with van der Waals surface area (Å²) in [6.45, 7) is 5.57. The second-order valence-corrected chi connectivity index (χ2v) is 7.01. The molecular formula is C15H24N4O11. The zero-order chi connectivity index (χ0) is 24.3. The van der Waals surface area contributed by atoms with Crippen molar-refractivity contribution in [3.63, 3.8) is 0 Å². The number of benzene rings is 1. The van der Waals surface area contributed by atoms with Gasteiger partial charge in [0.1, 0.15) is 6.10 Å². The van der Waals surface area contributed by atoms with Crippen molar-refractivity contribution in [1.82, 2.24) is 0 Å². The fourth-order valence-electron chi connectivity index (χ4n) is 2.28. The number of hydrogen-bond donors (Lipinski definition) is 3. The Balaban J connectivity index is 0. The molecule has 15 nitrogen and oxygen atoms in total. The van der Waals surface area contributed by atoms with Crippen LogP contribution in [0.3, 0.4) is 0 Å². The summed E-state index contributed by atoms with van der Waals surface area (Å²) in [6, 6.07) is 8.77. The van der Waals surface area contributed by atoms with Crippen molar-refractivity contribution in [2.24, 2.45) is 0 Å². The topological polar surface area (TPSA) is 233 Å².